The molecule has 0 radical (unpaired) electrons. The van der Waals surface area contributed by atoms with Crippen LogP contribution in [0.1, 0.15) is 39.0 Å². The second-order valence-corrected chi connectivity index (χ2v) is 5.47. The molecule has 1 aromatic rings. The summed E-state index contributed by atoms with van der Waals surface area (Å²) in [6, 6.07) is 0.585. The standard InChI is InChI=1S/C13H23N7/c1-2-20(10-6-7-10)13-16-11(18-14)15-12(17-13)19-8-4-3-5-9-19/h10H,2-9,14H2,1H3,(H,15,16,17,18). The lowest BCUT2D eigenvalue weighted by molar-refractivity contribution is 0.567. The van der Waals surface area contributed by atoms with Gasteiger partial charge in [0.2, 0.25) is 17.8 Å². The topological polar surface area (TPSA) is 83.2 Å². The zero-order valence-electron chi connectivity index (χ0n) is 12.0. The van der Waals surface area contributed by atoms with Crippen LogP contribution in [0.15, 0.2) is 0 Å². The van der Waals surface area contributed by atoms with Gasteiger partial charge in [-0.1, -0.05) is 0 Å². The van der Waals surface area contributed by atoms with Crippen LogP contribution in [0.3, 0.4) is 0 Å². The van der Waals surface area contributed by atoms with Crippen LogP contribution < -0.4 is 21.1 Å². The van der Waals surface area contributed by atoms with Gasteiger partial charge in [0.05, 0.1) is 0 Å². The third-order valence-corrected chi connectivity index (χ3v) is 3.97. The van der Waals surface area contributed by atoms with E-state index in [1.54, 1.807) is 0 Å². The van der Waals surface area contributed by atoms with Gasteiger partial charge >= 0.3 is 0 Å². The van der Waals surface area contributed by atoms with Crippen molar-refractivity contribution in [1.29, 1.82) is 0 Å². The third-order valence-electron chi connectivity index (χ3n) is 3.97. The SMILES string of the molecule is CCN(c1nc(NN)nc(N2CCCCC2)n1)C1CC1. The molecule has 7 heteroatoms. The maximum Gasteiger partial charge on any atom is 0.243 e. The van der Waals surface area contributed by atoms with E-state index in [-0.39, 0.29) is 0 Å². The Kier molecular flexibility index (Phi) is 3.86. The average molecular weight is 277 g/mol. The number of anilines is 3. The minimum atomic E-state index is 0.453. The number of nitrogen functional groups attached to an aromatic ring is 1. The van der Waals surface area contributed by atoms with Crippen molar-refractivity contribution in [3.63, 3.8) is 0 Å². The second-order valence-electron chi connectivity index (χ2n) is 5.47. The first-order valence-electron chi connectivity index (χ1n) is 7.56. The summed E-state index contributed by atoms with van der Waals surface area (Å²) < 4.78 is 0. The molecule has 2 fully saturated rings. The Labute approximate surface area is 119 Å². The first-order chi connectivity index (χ1) is 9.81. The minimum Gasteiger partial charge on any atom is -0.341 e. The number of nitrogens with one attached hydrogen (secondary N) is 1. The fourth-order valence-electron chi connectivity index (χ4n) is 2.73. The number of hydrogen-bond acceptors (Lipinski definition) is 7. The zero-order chi connectivity index (χ0) is 13.9. The Balaban J connectivity index is 1.88. The summed E-state index contributed by atoms with van der Waals surface area (Å²) in [4.78, 5) is 18.0. The molecule has 2 heterocycles. The van der Waals surface area contributed by atoms with Gasteiger partial charge in [0.25, 0.3) is 0 Å². The fraction of sp³-hybridized carbons (Fsp3) is 0.769. The van der Waals surface area contributed by atoms with Gasteiger partial charge in [0.1, 0.15) is 0 Å². The van der Waals surface area contributed by atoms with Crippen LogP contribution in [0.2, 0.25) is 0 Å². The van der Waals surface area contributed by atoms with Gasteiger partial charge in [-0.05, 0) is 39.0 Å². The van der Waals surface area contributed by atoms with Crippen molar-refractivity contribution in [2.75, 3.05) is 34.9 Å². The highest BCUT2D eigenvalue weighted by atomic mass is 15.4. The Morgan fingerprint density at radius 1 is 1.20 bits per heavy atom. The fourth-order valence-corrected chi connectivity index (χ4v) is 2.73. The molecule has 1 aliphatic heterocycles. The molecule has 0 unspecified atom stereocenters. The summed E-state index contributed by atoms with van der Waals surface area (Å²) in [6.07, 6.45) is 6.15. The van der Waals surface area contributed by atoms with Crippen LogP contribution in [-0.4, -0.2) is 40.6 Å². The van der Waals surface area contributed by atoms with E-state index in [1.165, 1.54) is 32.1 Å². The van der Waals surface area contributed by atoms with Crippen LogP contribution in [0.4, 0.5) is 17.8 Å². The summed E-state index contributed by atoms with van der Waals surface area (Å²) in [6.45, 7) is 5.09. The molecular formula is C13H23N7. The van der Waals surface area contributed by atoms with Crippen molar-refractivity contribution in [1.82, 2.24) is 15.0 Å². The first kappa shape index (κ1) is 13.4. The number of nitrogens with two attached hydrogens (primary N) is 1. The number of aromatic nitrogens is 3. The minimum absolute atomic E-state index is 0.453. The average Bonchev–Trinajstić information content (AvgIpc) is 3.33. The molecule has 3 rings (SSSR count). The zero-order valence-corrected chi connectivity index (χ0v) is 12.0. The maximum absolute atomic E-state index is 5.51. The molecule has 1 saturated heterocycles. The van der Waals surface area contributed by atoms with E-state index in [9.17, 15) is 0 Å². The molecule has 0 bridgehead atoms. The van der Waals surface area contributed by atoms with Gasteiger partial charge in [-0.2, -0.15) is 15.0 Å². The van der Waals surface area contributed by atoms with Crippen molar-refractivity contribution in [2.24, 2.45) is 5.84 Å². The Morgan fingerprint density at radius 3 is 2.55 bits per heavy atom. The number of nitrogens with zero attached hydrogens (tertiary/aromatic N) is 5. The lowest BCUT2D eigenvalue weighted by atomic mass is 10.1. The van der Waals surface area contributed by atoms with Crippen molar-refractivity contribution < 1.29 is 0 Å². The smallest absolute Gasteiger partial charge is 0.243 e. The molecule has 0 atom stereocenters. The van der Waals surface area contributed by atoms with Gasteiger partial charge in [-0.3, -0.25) is 5.43 Å². The van der Waals surface area contributed by atoms with Crippen LogP contribution >= 0.6 is 0 Å². The number of rotatable bonds is 5. The summed E-state index contributed by atoms with van der Waals surface area (Å²) in [7, 11) is 0. The largest absolute Gasteiger partial charge is 0.341 e. The predicted octanol–water partition coefficient (Wildman–Crippen LogP) is 1.14. The lowest BCUT2D eigenvalue weighted by Gasteiger charge is -2.28. The molecule has 20 heavy (non-hydrogen) atoms. The number of hydrazine groups is 1. The maximum atomic E-state index is 5.51. The van der Waals surface area contributed by atoms with E-state index in [1.807, 2.05) is 0 Å². The van der Waals surface area contributed by atoms with Crippen molar-refractivity contribution >= 4 is 17.8 Å². The molecule has 110 valence electrons. The molecule has 1 saturated carbocycles. The normalized spacial score (nSPS) is 19.0. The summed E-state index contributed by atoms with van der Waals surface area (Å²) in [5.41, 5.74) is 2.57. The molecule has 0 aromatic carbocycles. The summed E-state index contributed by atoms with van der Waals surface area (Å²) in [5.74, 6) is 7.46. The molecule has 7 nitrogen and oxygen atoms in total. The van der Waals surface area contributed by atoms with Gasteiger partial charge in [0, 0.05) is 25.7 Å². The quantitative estimate of drug-likeness (QED) is 0.616. The molecule has 1 aromatic heterocycles. The Bertz CT molecular complexity index is 454. The Morgan fingerprint density at radius 2 is 1.95 bits per heavy atom. The monoisotopic (exact) mass is 277 g/mol. The van der Waals surface area contributed by atoms with Gasteiger partial charge in [-0.25, -0.2) is 5.84 Å². The van der Waals surface area contributed by atoms with E-state index in [2.05, 4.69) is 37.1 Å². The molecule has 3 N–H and O–H groups in total. The Hall–Kier alpha value is -1.63. The second kappa shape index (κ2) is 5.78. The van der Waals surface area contributed by atoms with Gasteiger partial charge in [-0.15, -0.1) is 0 Å². The highest BCUT2D eigenvalue weighted by Gasteiger charge is 2.30. The third kappa shape index (κ3) is 2.77. The van der Waals surface area contributed by atoms with Crippen LogP contribution in [0.5, 0.6) is 0 Å². The first-order valence-corrected chi connectivity index (χ1v) is 7.56. The molecule has 0 spiro atoms. The molecule has 1 aliphatic carbocycles. The van der Waals surface area contributed by atoms with E-state index in [0.29, 0.717) is 12.0 Å². The van der Waals surface area contributed by atoms with E-state index < -0.39 is 0 Å². The highest BCUT2D eigenvalue weighted by Crippen LogP contribution is 2.30. The number of hydrogen-bond donors (Lipinski definition) is 2. The number of piperidine rings is 1. The summed E-state index contributed by atoms with van der Waals surface area (Å²) in [5, 5.41) is 0. The van der Waals surface area contributed by atoms with Crippen LogP contribution in [0.25, 0.3) is 0 Å². The van der Waals surface area contributed by atoms with Gasteiger partial charge in [0.15, 0.2) is 0 Å². The molecular weight excluding hydrogens is 254 g/mol. The highest BCUT2D eigenvalue weighted by molar-refractivity contribution is 5.46. The molecule has 2 aliphatic rings. The van der Waals surface area contributed by atoms with Crippen molar-refractivity contribution in [3.8, 4) is 0 Å². The van der Waals surface area contributed by atoms with Crippen LogP contribution in [0, 0.1) is 0 Å². The van der Waals surface area contributed by atoms with E-state index >= 15 is 0 Å². The lowest BCUT2D eigenvalue weighted by Crippen LogP contribution is -2.33. The predicted molar refractivity (Wildman–Crippen MR) is 79.7 cm³/mol. The summed E-state index contributed by atoms with van der Waals surface area (Å²) >= 11 is 0. The van der Waals surface area contributed by atoms with Crippen molar-refractivity contribution in [2.45, 2.75) is 45.1 Å². The molecule has 0 amide bonds. The van der Waals surface area contributed by atoms with E-state index in [0.717, 1.165) is 31.5 Å². The van der Waals surface area contributed by atoms with E-state index in [4.69, 9.17) is 5.84 Å². The van der Waals surface area contributed by atoms with Crippen molar-refractivity contribution in [3.05, 3.63) is 0 Å². The van der Waals surface area contributed by atoms with Crippen LogP contribution in [-0.2, 0) is 0 Å². The van der Waals surface area contributed by atoms with Gasteiger partial charge < -0.3 is 9.80 Å².